The van der Waals surface area contributed by atoms with Crippen molar-refractivity contribution in [1.82, 2.24) is 0 Å². The lowest BCUT2D eigenvalue weighted by molar-refractivity contribution is -0.162. The molecule has 0 unspecified atom stereocenters. The summed E-state index contributed by atoms with van der Waals surface area (Å²) in [5.74, 6) is -1.21. The van der Waals surface area contributed by atoms with Gasteiger partial charge in [-0.25, -0.2) is 4.79 Å². The van der Waals surface area contributed by atoms with Crippen LogP contribution in [0, 0.1) is 5.41 Å². The molecule has 6 nitrogen and oxygen atoms in total. The molecule has 1 aliphatic rings. The van der Waals surface area contributed by atoms with Gasteiger partial charge in [0.15, 0.2) is 5.78 Å². The Kier molecular flexibility index (Phi) is 6.26. The van der Waals surface area contributed by atoms with Crippen molar-refractivity contribution >= 4 is 17.7 Å². The van der Waals surface area contributed by atoms with Crippen LogP contribution in [-0.4, -0.2) is 35.2 Å². The number of hydrogen-bond acceptors (Lipinski definition) is 6. The highest BCUT2D eigenvalue weighted by Crippen LogP contribution is 2.44. The van der Waals surface area contributed by atoms with Gasteiger partial charge >= 0.3 is 11.9 Å². The number of hydrogen-bond donors (Lipinski definition) is 1. The second-order valence-electron chi connectivity index (χ2n) is 6.56. The maximum atomic E-state index is 11.7. The summed E-state index contributed by atoms with van der Waals surface area (Å²) < 4.78 is 9.21. The number of ketones is 1. The number of ether oxygens (including phenoxy) is 2. The molecule has 0 aromatic carbocycles. The smallest absolute Gasteiger partial charge is 0.333 e. The van der Waals surface area contributed by atoms with E-state index in [-0.39, 0.29) is 12.2 Å². The topological polar surface area (TPSA) is 89.9 Å². The third kappa shape index (κ3) is 4.89. The van der Waals surface area contributed by atoms with Crippen LogP contribution in [0.1, 0.15) is 41.0 Å². The molecule has 0 aromatic heterocycles. The standard InChI is InChI=1S/C18H24O6/c1-12(8-16(21)24-11-23-14(3)19)6-7-18(22)13(2)9-15(20)10-17(18,4)5/h6-9,22H,10-11H2,1-5H3/b7-6+,12-8-/t18-/m1/s1. The molecular formula is C18H24O6. The zero-order chi connectivity index (χ0) is 18.5. The van der Waals surface area contributed by atoms with Gasteiger partial charge in [-0.2, -0.15) is 0 Å². The zero-order valence-electron chi connectivity index (χ0n) is 14.7. The summed E-state index contributed by atoms with van der Waals surface area (Å²) >= 11 is 0. The summed E-state index contributed by atoms with van der Waals surface area (Å²) in [5, 5.41) is 11.0. The van der Waals surface area contributed by atoms with Crippen molar-refractivity contribution in [2.75, 3.05) is 6.79 Å². The minimum absolute atomic E-state index is 0.0168. The number of esters is 2. The first kappa shape index (κ1) is 19.8. The first-order chi connectivity index (χ1) is 11.0. The van der Waals surface area contributed by atoms with E-state index in [1.165, 1.54) is 19.1 Å². The Balaban J connectivity index is 2.84. The summed E-state index contributed by atoms with van der Waals surface area (Å²) in [7, 11) is 0. The van der Waals surface area contributed by atoms with Gasteiger partial charge in [-0.15, -0.1) is 0 Å². The average molecular weight is 336 g/mol. The van der Waals surface area contributed by atoms with E-state index in [1.807, 2.05) is 13.8 Å². The minimum Gasteiger partial charge on any atom is -0.428 e. The molecule has 6 heteroatoms. The molecule has 1 N–H and O–H groups in total. The number of allylic oxidation sites excluding steroid dienone is 3. The number of carbonyl (C=O) groups excluding carboxylic acids is 3. The fourth-order valence-electron chi connectivity index (χ4n) is 2.56. The lowest BCUT2D eigenvalue weighted by Gasteiger charge is -2.43. The van der Waals surface area contributed by atoms with E-state index in [4.69, 9.17) is 4.74 Å². The Labute approximate surface area is 141 Å². The van der Waals surface area contributed by atoms with Crippen LogP contribution in [0.4, 0.5) is 0 Å². The molecule has 1 rings (SSSR count). The molecule has 0 amide bonds. The van der Waals surface area contributed by atoms with Gasteiger partial charge in [-0.3, -0.25) is 9.59 Å². The van der Waals surface area contributed by atoms with E-state index in [1.54, 1.807) is 26.0 Å². The molecule has 1 atom stereocenters. The maximum absolute atomic E-state index is 11.7. The number of aliphatic hydroxyl groups is 1. The van der Waals surface area contributed by atoms with Crippen LogP contribution in [-0.2, 0) is 23.9 Å². The average Bonchev–Trinajstić information content (AvgIpc) is 2.41. The molecule has 0 saturated heterocycles. The van der Waals surface area contributed by atoms with Crippen molar-refractivity contribution in [3.8, 4) is 0 Å². The molecule has 0 heterocycles. The first-order valence-electron chi connectivity index (χ1n) is 7.59. The molecule has 0 fully saturated rings. The van der Waals surface area contributed by atoms with E-state index in [0.29, 0.717) is 11.1 Å². The molecule has 0 spiro atoms. The fourth-order valence-corrected chi connectivity index (χ4v) is 2.56. The lowest BCUT2D eigenvalue weighted by Crippen LogP contribution is -2.48. The Morgan fingerprint density at radius 3 is 2.46 bits per heavy atom. The van der Waals surface area contributed by atoms with Crippen molar-refractivity contribution < 1.29 is 29.0 Å². The van der Waals surface area contributed by atoms with E-state index in [0.717, 1.165) is 0 Å². The zero-order valence-corrected chi connectivity index (χ0v) is 14.7. The van der Waals surface area contributed by atoms with Crippen LogP contribution in [0.5, 0.6) is 0 Å². The molecule has 0 aliphatic heterocycles. The predicted octanol–water partition coefficient (Wildman–Crippen LogP) is 2.23. The quantitative estimate of drug-likeness (QED) is 0.358. The molecule has 1 aliphatic carbocycles. The van der Waals surface area contributed by atoms with Crippen molar-refractivity contribution in [2.24, 2.45) is 5.41 Å². The summed E-state index contributed by atoms with van der Waals surface area (Å²) in [4.78, 5) is 33.8. The number of carbonyl (C=O) groups is 3. The van der Waals surface area contributed by atoms with Gasteiger partial charge in [0.05, 0.1) is 0 Å². The lowest BCUT2D eigenvalue weighted by atomic mass is 9.64. The van der Waals surface area contributed by atoms with Gasteiger partial charge in [0.25, 0.3) is 0 Å². The maximum Gasteiger partial charge on any atom is 0.333 e. The third-order valence-electron chi connectivity index (χ3n) is 4.02. The molecule has 0 bridgehead atoms. The SMILES string of the molecule is CC(=O)OCOC(=O)/C=C(C)\C=C\[C@@]1(O)C(C)=CC(=O)CC1(C)C. The molecule has 0 radical (unpaired) electrons. The summed E-state index contributed by atoms with van der Waals surface area (Å²) in [6, 6.07) is 0. The Bertz CT molecular complexity index is 623. The van der Waals surface area contributed by atoms with Crippen LogP contribution in [0.25, 0.3) is 0 Å². The first-order valence-corrected chi connectivity index (χ1v) is 7.59. The molecular weight excluding hydrogens is 312 g/mol. The van der Waals surface area contributed by atoms with Crippen molar-refractivity contribution in [1.29, 1.82) is 0 Å². The van der Waals surface area contributed by atoms with Gasteiger partial charge in [-0.1, -0.05) is 19.9 Å². The Hall–Kier alpha value is -2.21. The van der Waals surface area contributed by atoms with Crippen LogP contribution in [0.3, 0.4) is 0 Å². The van der Waals surface area contributed by atoms with Crippen LogP contribution >= 0.6 is 0 Å². The van der Waals surface area contributed by atoms with Crippen LogP contribution < -0.4 is 0 Å². The fraction of sp³-hybridized carbons (Fsp3) is 0.500. The van der Waals surface area contributed by atoms with E-state index < -0.39 is 29.7 Å². The summed E-state index contributed by atoms with van der Waals surface area (Å²) in [6.07, 6.45) is 6.09. The van der Waals surface area contributed by atoms with Crippen molar-refractivity contribution in [2.45, 2.75) is 46.6 Å². The molecule has 24 heavy (non-hydrogen) atoms. The van der Waals surface area contributed by atoms with Gasteiger partial charge in [0, 0.05) is 24.8 Å². The highest BCUT2D eigenvalue weighted by molar-refractivity contribution is 5.92. The molecule has 0 aromatic rings. The van der Waals surface area contributed by atoms with Crippen molar-refractivity contribution in [3.63, 3.8) is 0 Å². The van der Waals surface area contributed by atoms with Gasteiger partial charge < -0.3 is 14.6 Å². The van der Waals surface area contributed by atoms with Gasteiger partial charge in [0.2, 0.25) is 6.79 Å². The van der Waals surface area contributed by atoms with E-state index in [2.05, 4.69) is 4.74 Å². The summed E-state index contributed by atoms with van der Waals surface area (Å²) in [5.41, 5.74) is -0.824. The largest absolute Gasteiger partial charge is 0.428 e. The molecule has 0 saturated carbocycles. The van der Waals surface area contributed by atoms with Crippen LogP contribution in [0.15, 0.2) is 35.5 Å². The second kappa shape index (κ2) is 7.57. The van der Waals surface area contributed by atoms with Crippen molar-refractivity contribution in [3.05, 3.63) is 35.5 Å². The van der Waals surface area contributed by atoms with Crippen LogP contribution in [0.2, 0.25) is 0 Å². The normalized spacial score (nSPS) is 23.8. The Morgan fingerprint density at radius 1 is 1.29 bits per heavy atom. The Morgan fingerprint density at radius 2 is 1.92 bits per heavy atom. The second-order valence-corrected chi connectivity index (χ2v) is 6.56. The minimum atomic E-state index is -1.28. The third-order valence-corrected chi connectivity index (χ3v) is 4.02. The highest BCUT2D eigenvalue weighted by Gasteiger charge is 2.46. The van der Waals surface area contributed by atoms with E-state index in [9.17, 15) is 19.5 Å². The predicted molar refractivity (Wildman–Crippen MR) is 87.7 cm³/mol. The number of rotatable bonds is 5. The highest BCUT2D eigenvalue weighted by atomic mass is 16.7. The monoisotopic (exact) mass is 336 g/mol. The van der Waals surface area contributed by atoms with Gasteiger partial charge in [0.1, 0.15) is 5.60 Å². The van der Waals surface area contributed by atoms with Gasteiger partial charge in [-0.05, 0) is 37.1 Å². The molecule has 132 valence electrons. The van der Waals surface area contributed by atoms with E-state index >= 15 is 0 Å². The summed E-state index contributed by atoms with van der Waals surface area (Å²) in [6.45, 7) is 7.78.